The van der Waals surface area contributed by atoms with Crippen LogP contribution in [0.1, 0.15) is 38.2 Å². The minimum absolute atomic E-state index is 0.206. The molecule has 0 aliphatic heterocycles. The summed E-state index contributed by atoms with van der Waals surface area (Å²) in [6, 6.07) is 4.54. The SMILES string of the molecule is CC1CCCC(CNCc2cc(F)ccc2Cl)(N(C)C)C1. The highest BCUT2D eigenvalue weighted by Gasteiger charge is 2.36. The van der Waals surface area contributed by atoms with Crippen LogP contribution in [-0.2, 0) is 6.54 Å². The molecule has 0 radical (unpaired) electrons. The summed E-state index contributed by atoms with van der Waals surface area (Å²) in [5, 5.41) is 4.11. The zero-order valence-electron chi connectivity index (χ0n) is 13.3. The van der Waals surface area contributed by atoms with Crippen LogP contribution in [0.15, 0.2) is 18.2 Å². The van der Waals surface area contributed by atoms with E-state index in [0.717, 1.165) is 18.0 Å². The van der Waals surface area contributed by atoms with E-state index in [-0.39, 0.29) is 11.4 Å². The topological polar surface area (TPSA) is 15.3 Å². The van der Waals surface area contributed by atoms with Gasteiger partial charge in [0.2, 0.25) is 0 Å². The van der Waals surface area contributed by atoms with Gasteiger partial charge in [-0.05, 0) is 56.6 Å². The lowest BCUT2D eigenvalue weighted by Crippen LogP contribution is -2.54. The van der Waals surface area contributed by atoms with Crippen molar-refractivity contribution in [2.75, 3.05) is 20.6 Å². The average molecular weight is 313 g/mol. The summed E-state index contributed by atoms with van der Waals surface area (Å²) in [6.07, 6.45) is 5.03. The summed E-state index contributed by atoms with van der Waals surface area (Å²) in [5.74, 6) is 0.533. The van der Waals surface area contributed by atoms with Gasteiger partial charge in [-0.1, -0.05) is 31.4 Å². The Kier molecular flexibility index (Phi) is 5.64. The number of halogens is 2. The number of hydrogen-bond donors (Lipinski definition) is 1. The van der Waals surface area contributed by atoms with E-state index in [1.807, 2.05) is 0 Å². The molecule has 0 aromatic heterocycles. The van der Waals surface area contributed by atoms with Crippen molar-refractivity contribution < 1.29 is 4.39 Å². The van der Waals surface area contributed by atoms with Crippen molar-refractivity contribution in [2.24, 2.45) is 5.92 Å². The molecule has 0 saturated heterocycles. The van der Waals surface area contributed by atoms with Gasteiger partial charge in [0.1, 0.15) is 5.82 Å². The third-order valence-electron chi connectivity index (χ3n) is 4.79. The summed E-state index contributed by atoms with van der Waals surface area (Å²) >= 11 is 6.12. The number of nitrogens with one attached hydrogen (secondary N) is 1. The highest BCUT2D eigenvalue weighted by Crippen LogP contribution is 2.35. The lowest BCUT2D eigenvalue weighted by Gasteiger charge is -2.45. The highest BCUT2D eigenvalue weighted by atomic mass is 35.5. The van der Waals surface area contributed by atoms with Crippen molar-refractivity contribution in [3.8, 4) is 0 Å². The zero-order valence-corrected chi connectivity index (χ0v) is 14.0. The van der Waals surface area contributed by atoms with Gasteiger partial charge in [-0.15, -0.1) is 0 Å². The molecule has 4 heteroatoms. The molecule has 0 bridgehead atoms. The fourth-order valence-electron chi connectivity index (χ4n) is 3.47. The lowest BCUT2D eigenvalue weighted by atomic mass is 9.75. The minimum atomic E-state index is -0.232. The van der Waals surface area contributed by atoms with Crippen LogP contribution in [0.4, 0.5) is 4.39 Å². The first-order chi connectivity index (χ1) is 9.93. The molecule has 1 fully saturated rings. The Labute approximate surface area is 132 Å². The van der Waals surface area contributed by atoms with E-state index in [2.05, 4.69) is 31.2 Å². The molecule has 1 aliphatic carbocycles. The van der Waals surface area contributed by atoms with Gasteiger partial charge >= 0.3 is 0 Å². The second kappa shape index (κ2) is 7.08. The molecule has 0 amide bonds. The number of benzene rings is 1. The Balaban J connectivity index is 1.98. The van der Waals surface area contributed by atoms with Gasteiger partial charge in [0.15, 0.2) is 0 Å². The van der Waals surface area contributed by atoms with Crippen LogP contribution >= 0.6 is 11.6 Å². The quantitative estimate of drug-likeness (QED) is 0.881. The first-order valence-electron chi connectivity index (χ1n) is 7.75. The predicted octanol–water partition coefficient (Wildman–Crippen LogP) is 4.08. The van der Waals surface area contributed by atoms with Crippen molar-refractivity contribution in [3.05, 3.63) is 34.6 Å². The largest absolute Gasteiger partial charge is 0.311 e. The first kappa shape index (κ1) is 16.7. The Morgan fingerprint density at radius 1 is 1.43 bits per heavy atom. The van der Waals surface area contributed by atoms with E-state index in [4.69, 9.17) is 11.6 Å². The second-order valence-corrected chi connectivity index (χ2v) is 7.07. The van der Waals surface area contributed by atoms with Crippen molar-refractivity contribution in [2.45, 2.75) is 44.7 Å². The number of rotatable bonds is 5. The molecule has 0 spiro atoms. The Bertz CT molecular complexity index is 478. The number of nitrogens with zero attached hydrogens (tertiary/aromatic N) is 1. The fourth-order valence-corrected chi connectivity index (χ4v) is 3.65. The van der Waals surface area contributed by atoms with Gasteiger partial charge in [0, 0.05) is 23.7 Å². The Morgan fingerprint density at radius 2 is 2.19 bits per heavy atom. The van der Waals surface area contributed by atoms with Crippen LogP contribution in [0, 0.1) is 11.7 Å². The molecule has 2 nitrogen and oxygen atoms in total. The second-order valence-electron chi connectivity index (χ2n) is 6.66. The highest BCUT2D eigenvalue weighted by molar-refractivity contribution is 6.31. The van der Waals surface area contributed by atoms with Gasteiger partial charge in [0.05, 0.1) is 0 Å². The molecular weight excluding hydrogens is 287 g/mol. The molecule has 118 valence electrons. The summed E-state index contributed by atoms with van der Waals surface area (Å²) in [5.41, 5.74) is 1.03. The van der Waals surface area contributed by atoms with Crippen molar-refractivity contribution in [1.29, 1.82) is 0 Å². The molecule has 21 heavy (non-hydrogen) atoms. The van der Waals surface area contributed by atoms with E-state index >= 15 is 0 Å². The number of hydrogen-bond acceptors (Lipinski definition) is 2. The molecule has 1 N–H and O–H groups in total. The van der Waals surface area contributed by atoms with Crippen LogP contribution in [0.2, 0.25) is 5.02 Å². The van der Waals surface area contributed by atoms with E-state index < -0.39 is 0 Å². The van der Waals surface area contributed by atoms with Crippen LogP contribution < -0.4 is 5.32 Å². The molecule has 1 aliphatic rings. The summed E-state index contributed by atoms with van der Waals surface area (Å²) in [7, 11) is 4.32. The predicted molar refractivity (Wildman–Crippen MR) is 87.2 cm³/mol. The summed E-state index contributed by atoms with van der Waals surface area (Å²) in [6.45, 7) is 3.86. The van der Waals surface area contributed by atoms with Crippen molar-refractivity contribution in [1.82, 2.24) is 10.2 Å². The van der Waals surface area contributed by atoms with Crippen LogP contribution in [-0.4, -0.2) is 31.1 Å². The third-order valence-corrected chi connectivity index (χ3v) is 5.16. The molecular formula is C17H26ClFN2. The first-order valence-corrected chi connectivity index (χ1v) is 8.13. The van der Waals surface area contributed by atoms with Crippen molar-refractivity contribution >= 4 is 11.6 Å². The zero-order chi connectivity index (χ0) is 15.5. The van der Waals surface area contributed by atoms with Crippen LogP contribution in [0.5, 0.6) is 0 Å². The molecule has 1 aromatic carbocycles. The van der Waals surface area contributed by atoms with E-state index in [1.54, 1.807) is 6.07 Å². The smallest absolute Gasteiger partial charge is 0.123 e. The maximum absolute atomic E-state index is 13.3. The lowest BCUT2D eigenvalue weighted by molar-refractivity contribution is 0.0749. The Hall–Kier alpha value is -0.640. The monoisotopic (exact) mass is 312 g/mol. The van der Waals surface area contributed by atoms with Gasteiger partial charge < -0.3 is 10.2 Å². The maximum atomic E-state index is 13.3. The van der Waals surface area contributed by atoms with E-state index in [9.17, 15) is 4.39 Å². The molecule has 2 atom stereocenters. The van der Waals surface area contributed by atoms with E-state index in [0.29, 0.717) is 11.6 Å². The molecule has 1 aromatic rings. The summed E-state index contributed by atoms with van der Waals surface area (Å²) < 4.78 is 13.3. The molecule has 2 rings (SSSR count). The fraction of sp³-hybridized carbons (Fsp3) is 0.647. The maximum Gasteiger partial charge on any atom is 0.123 e. The van der Waals surface area contributed by atoms with Gasteiger partial charge in [-0.2, -0.15) is 0 Å². The van der Waals surface area contributed by atoms with Gasteiger partial charge in [-0.3, -0.25) is 0 Å². The van der Waals surface area contributed by atoms with Crippen LogP contribution in [0.25, 0.3) is 0 Å². The van der Waals surface area contributed by atoms with Gasteiger partial charge in [-0.25, -0.2) is 4.39 Å². The normalized spacial score (nSPS) is 26.3. The van der Waals surface area contributed by atoms with E-state index in [1.165, 1.54) is 37.8 Å². The third kappa shape index (κ3) is 4.18. The van der Waals surface area contributed by atoms with Crippen molar-refractivity contribution in [3.63, 3.8) is 0 Å². The molecule has 1 saturated carbocycles. The molecule has 2 unspecified atom stereocenters. The molecule has 0 heterocycles. The number of likely N-dealkylation sites (N-methyl/N-ethyl adjacent to an activating group) is 1. The average Bonchev–Trinajstić information content (AvgIpc) is 2.42. The summed E-state index contributed by atoms with van der Waals surface area (Å²) in [4.78, 5) is 2.35. The Morgan fingerprint density at radius 3 is 2.86 bits per heavy atom. The van der Waals surface area contributed by atoms with Gasteiger partial charge in [0.25, 0.3) is 0 Å². The van der Waals surface area contributed by atoms with Crippen LogP contribution in [0.3, 0.4) is 0 Å². The minimum Gasteiger partial charge on any atom is -0.311 e. The standard InChI is InChI=1S/C17H26ClFN2/c1-13-5-4-8-17(10-13,21(2)3)12-20-11-14-9-15(19)6-7-16(14)18/h6-7,9,13,20H,4-5,8,10-12H2,1-3H3.